The summed E-state index contributed by atoms with van der Waals surface area (Å²) in [6.45, 7) is 5.20. The van der Waals surface area contributed by atoms with Crippen molar-refractivity contribution in [3.8, 4) is 0 Å². The monoisotopic (exact) mass is 286 g/mol. The summed E-state index contributed by atoms with van der Waals surface area (Å²) in [5, 5.41) is 0. The first-order valence-corrected chi connectivity index (χ1v) is 7.89. The van der Waals surface area contributed by atoms with Crippen LogP contribution in [0.4, 0.5) is 0 Å². The molecule has 1 aromatic heterocycles. The molecule has 0 N–H and O–H groups in total. The summed E-state index contributed by atoms with van der Waals surface area (Å²) in [4.78, 5) is 8.10. The molecule has 0 bridgehead atoms. The highest BCUT2D eigenvalue weighted by molar-refractivity contribution is 7.86. The lowest BCUT2D eigenvalue weighted by Crippen LogP contribution is -2.42. The maximum Gasteiger partial charge on any atom is 0.282 e. The van der Waals surface area contributed by atoms with E-state index < -0.39 is 10.2 Å². The van der Waals surface area contributed by atoms with Gasteiger partial charge in [-0.15, -0.1) is 0 Å². The molecular weight excluding hydrogens is 264 g/mol. The van der Waals surface area contributed by atoms with E-state index in [1.165, 1.54) is 8.61 Å². The van der Waals surface area contributed by atoms with Crippen molar-refractivity contribution in [1.29, 1.82) is 0 Å². The normalized spacial score (nSPS) is 12.3. The summed E-state index contributed by atoms with van der Waals surface area (Å²) >= 11 is 0. The molecule has 7 heteroatoms. The SMILES string of the molecule is CCCN(CCC)S(=O)(=O)N(C)Cc1ncccn1. The van der Waals surface area contributed by atoms with Gasteiger partial charge in [-0.2, -0.15) is 17.0 Å². The number of nitrogens with zero attached hydrogens (tertiary/aromatic N) is 4. The standard InChI is InChI=1S/C12H22N4O2S/c1-4-9-16(10-5-2)19(17,18)15(3)11-12-13-7-6-8-14-12/h6-8H,4-5,9-11H2,1-3H3. The van der Waals surface area contributed by atoms with E-state index in [1.807, 2.05) is 13.8 Å². The number of aromatic nitrogens is 2. The Morgan fingerprint density at radius 1 is 1.11 bits per heavy atom. The fraction of sp³-hybridized carbons (Fsp3) is 0.667. The van der Waals surface area contributed by atoms with Crippen LogP contribution >= 0.6 is 0 Å². The lowest BCUT2D eigenvalue weighted by Gasteiger charge is -2.26. The maximum atomic E-state index is 12.4. The third kappa shape index (κ3) is 4.52. The zero-order valence-electron chi connectivity index (χ0n) is 11.8. The first kappa shape index (κ1) is 16.0. The Kier molecular flexibility index (Phi) is 6.33. The van der Waals surface area contributed by atoms with Gasteiger partial charge in [0.25, 0.3) is 10.2 Å². The molecule has 0 aliphatic rings. The Bertz CT molecular complexity index is 458. The number of rotatable bonds is 8. The summed E-state index contributed by atoms with van der Waals surface area (Å²) < 4.78 is 27.6. The molecular formula is C12H22N4O2S. The highest BCUT2D eigenvalue weighted by Crippen LogP contribution is 2.10. The molecule has 0 atom stereocenters. The smallest absolute Gasteiger partial charge is 0.240 e. The van der Waals surface area contributed by atoms with Gasteiger partial charge in [0.2, 0.25) is 0 Å². The Morgan fingerprint density at radius 2 is 1.63 bits per heavy atom. The second kappa shape index (κ2) is 7.52. The van der Waals surface area contributed by atoms with Crippen molar-refractivity contribution in [2.24, 2.45) is 0 Å². The van der Waals surface area contributed by atoms with Crippen LogP contribution in [0.1, 0.15) is 32.5 Å². The minimum absolute atomic E-state index is 0.188. The van der Waals surface area contributed by atoms with Crippen molar-refractivity contribution in [2.45, 2.75) is 33.2 Å². The first-order chi connectivity index (χ1) is 9.02. The van der Waals surface area contributed by atoms with Gasteiger partial charge in [0, 0.05) is 32.5 Å². The fourth-order valence-electron chi connectivity index (χ4n) is 1.73. The van der Waals surface area contributed by atoms with Crippen LogP contribution in [0, 0.1) is 0 Å². The van der Waals surface area contributed by atoms with Gasteiger partial charge in [-0.1, -0.05) is 13.8 Å². The summed E-state index contributed by atoms with van der Waals surface area (Å²) in [6, 6.07) is 1.71. The van der Waals surface area contributed by atoms with E-state index in [2.05, 4.69) is 9.97 Å². The second-order valence-electron chi connectivity index (χ2n) is 4.33. The molecule has 0 aromatic carbocycles. The molecule has 0 aliphatic carbocycles. The molecule has 0 unspecified atom stereocenters. The van der Waals surface area contributed by atoms with Gasteiger partial charge < -0.3 is 0 Å². The van der Waals surface area contributed by atoms with Gasteiger partial charge in [-0.3, -0.25) is 0 Å². The fourth-order valence-corrected chi connectivity index (χ4v) is 3.23. The van der Waals surface area contributed by atoms with E-state index in [0.717, 1.165) is 12.8 Å². The molecule has 19 heavy (non-hydrogen) atoms. The lowest BCUT2D eigenvalue weighted by atomic mass is 10.4. The van der Waals surface area contributed by atoms with Crippen molar-refractivity contribution in [3.05, 3.63) is 24.3 Å². The topological polar surface area (TPSA) is 66.4 Å². The van der Waals surface area contributed by atoms with E-state index in [1.54, 1.807) is 25.5 Å². The largest absolute Gasteiger partial charge is 0.282 e. The van der Waals surface area contributed by atoms with E-state index >= 15 is 0 Å². The van der Waals surface area contributed by atoms with Crippen molar-refractivity contribution >= 4 is 10.2 Å². The molecule has 0 amide bonds. The van der Waals surface area contributed by atoms with Crippen LogP contribution < -0.4 is 0 Å². The zero-order valence-corrected chi connectivity index (χ0v) is 12.6. The first-order valence-electron chi connectivity index (χ1n) is 6.49. The Hall–Kier alpha value is -1.05. The summed E-state index contributed by atoms with van der Waals surface area (Å²) in [5.41, 5.74) is 0. The van der Waals surface area contributed by atoms with Crippen molar-refractivity contribution < 1.29 is 8.42 Å². The Morgan fingerprint density at radius 3 is 2.11 bits per heavy atom. The highest BCUT2D eigenvalue weighted by Gasteiger charge is 2.26. The van der Waals surface area contributed by atoms with Crippen molar-refractivity contribution in [3.63, 3.8) is 0 Å². The third-order valence-corrected chi connectivity index (χ3v) is 4.58. The molecule has 0 saturated heterocycles. The molecule has 0 spiro atoms. The van der Waals surface area contributed by atoms with E-state index in [0.29, 0.717) is 18.9 Å². The maximum absolute atomic E-state index is 12.4. The molecule has 1 aromatic rings. The Balaban J connectivity index is 2.79. The summed E-state index contributed by atoms with van der Waals surface area (Å²) in [5.74, 6) is 0.501. The third-order valence-electron chi connectivity index (χ3n) is 2.65. The van der Waals surface area contributed by atoms with Crippen molar-refractivity contribution in [1.82, 2.24) is 18.6 Å². The molecule has 1 rings (SSSR count). The predicted molar refractivity (Wildman–Crippen MR) is 74.6 cm³/mol. The van der Waals surface area contributed by atoms with Crippen LogP contribution in [0.15, 0.2) is 18.5 Å². The average Bonchev–Trinajstić information content (AvgIpc) is 2.39. The minimum Gasteiger partial charge on any atom is -0.240 e. The predicted octanol–water partition coefficient (Wildman–Crippen LogP) is 1.28. The van der Waals surface area contributed by atoms with E-state index in [9.17, 15) is 8.42 Å². The molecule has 6 nitrogen and oxygen atoms in total. The zero-order chi connectivity index (χ0) is 14.3. The molecule has 0 aliphatic heterocycles. The minimum atomic E-state index is -3.44. The molecule has 0 radical (unpaired) electrons. The van der Waals surface area contributed by atoms with Crippen LogP contribution in [0.3, 0.4) is 0 Å². The lowest BCUT2D eigenvalue weighted by molar-refractivity contribution is 0.352. The average molecular weight is 286 g/mol. The van der Waals surface area contributed by atoms with Crippen molar-refractivity contribution in [2.75, 3.05) is 20.1 Å². The van der Waals surface area contributed by atoms with Gasteiger partial charge in [-0.25, -0.2) is 9.97 Å². The second-order valence-corrected chi connectivity index (χ2v) is 6.36. The van der Waals surface area contributed by atoms with E-state index in [4.69, 9.17) is 0 Å². The summed E-state index contributed by atoms with van der Waals surface area (Å²) in [7, 11) is -1.88. The van der Waals surface area contributed by atoms with Gasteiger partial charge >= 0.3 is 0 Å². The highest BCUT2D eigenvalue weighted by atomic mass is 32.2. The van der Waals surface area contributed by atoms with Gasteiger partial charge in [0.15, 0.2) is 0 Å². The quantitative estimate of drug-likeness (QED) is 0.722. The van der Waals surface area contributed by atoms with Gasteiger partial charge in [0.05, 0.1) is 6.54 Å². The number of hydrogen-bond donors (Lipinski definition) is 0. The molecule has 0 fully saturated rings. The van der Waals surface area contributed by atoms with Crippen LogP contribution in [0.5, 0.6) is 0 Å². The molecule has 108 valence electrons. The molecule has 0 saturated carbocycles. The van der Waals surface area contributed by atoms with Crippen LogP contribution in [-0.2, 0) is 16.8 Å². The van der Waals surface area contributed by atoms with Crippen LogP contribution in [-0.4, -0.2) is 47.1 Å². The summed E-state index contributed by atoms with van der Waals surface area (Å²) in [6.07, 6.45) is 4.82. The van der Waals surface area contributed by atoms with Gasteiger partial charge in [-0.05, 0) is 18.9 Å². The molecule has 1 heterocycles. The Labute approximate surface area is 115 Å². The van der Waals surface area contributed by atoms with Crippen LogP contribution in [0.25, 0.3) is 0 Å². The number of hydrogen-bond acceptors (Lipinski definition) is 4. The van der Waals surface area contributed by atoms with E-state index in [-0.39, 0.29) is 6.54 Å². The van der Waals surface area contributed by atoms with Gasteiger partial charge in [0.1, 0.15) is 5.82 Å². The van der Waals surface area contributed by atoms with Crippen LogP contribution in [0.2, 0.25) is 0 Å².